The van der Waals surface area contributed by atoms with Crippen LogP contribution in [0.2, 0.25) is 0 Å². The van der Waals surface area contributed by atoms with Gasteiger partial charge in [-0.25, -0.2) is 0 Å². The first-order chi connectivity index (χ1) is 8.83. The molecule has 90 valence electrons. The number of benzene rings is 2. The normalized spacial score (nSPS) is 13.1. The van der Waals surface area contributed by atoms with Crippen LogP contribution in [-0.4, -0.2) is 11.9 Å². The zero-order valence-electron chi connectivity index (χ0n) is 9.67. The Kier molecular flexibility index (Phi) is 2.65. The Morgan fingerprint density at radius 2 is 1.78 bits per heavy atom. The third kappa shape index (κ3) is 2.02. The number of fused-ring (bicyclic) bond motifs is 1. The predicted molar refractivity (Wildman–Crippen MR) is 69.6 cm³/mol. The topological polar surface area (TPSA) is 38.7 Å². The highest BCUT2D eigenvalue weighted by Crippen LogP contribution is 2.33. The Labute approximate surface area is 105 Å². The molecular weight excluding hydrogens is 228 g/mol. The van der Waals surface area contributed by atoms with E-state index in [2.05, 4.69) is 0 Å². The monoisotopic (exact) mass is 240 g/mol. The minimum atomic E-state index is 0.273. The highest BCUT2D eigenvalue weighted by Gasteiger charge is 2.12. The van der Waals surface area contributed by atoms with E-state index in [1.54, 1.807) is 12.1 Å². The zero-order valence-corrected chi connectivity index (χ0v) is 9.67. The Hall–Kier alpha value is -2.42. The van der Waals surface area contributed by atoms with Crippen molar-refractivity contribution < 1.29 is 14.6 Å². The van der Waals surface area contributed by atoms with Gasteiger partial charge in [0.25, 0.3) is 0 Å². The average Bonchev–Trinajstić information content (AvgIpc) is 2.85. The van der Waals surface area contributed by atoms with Gasteiger partial charge in [-0.1, -0.05) is 36.4 Å². The molecule has 1 aliphatic rings. The maximum atomic E-state index is 9.65. The van der Waals surface area contributed by atoms with Gasteiger partial charge in [0, 0.05) is 5.56 Å². The van der Waals surface area contributed by atoms with E-state index in [4.69, 9.17) is 9.47 Å². The van der Waals surface area contributed by atoms with E-state index in [0.29, 0.717) is 0 Å². The molecule has 3 nitrogen and oxygen atoms in total. The van der Waals surface area contributed by atoms with Gasteiger partial charge in [-0.05, 0) is 23.8 Å². The summed E-state index contributed by atoms with van der Waals surface area (Å²) in [5.41, 5.74) is 1.79. The maximum Gasteiger partial charge on any atom is 0.231 e. The third-order valence-corrected chi connectivity index (χ3v) is 2.79. The second kappa shape index (κ2) is 4.45. The molecule has 0 fully saturated rings. The number of hydrogen-bond acceptors (Lipinski definition) is 3. The summed E-state index contributed by atoms with van der Waals surface area (Å²) in [5.74, 6) is 1.80. The maximum absolute atomic E-state index is 9.65. The van der Waals surface area contributed by atoms with Gasteiger partial charge in [0.05, 0.1) is 0 Å². The fraction of sp³-hybridized carbons (Fsp3) is 0.0667. The standard InChI is InChI=1S/C15H12O3/c16-13-4-2-1-3-12(13)7-5-11-6-8-14-15(9-11)18-10-17-14/h1-9,16H,10H2/b7-5+. The lowest BCUT2D eigenvalue weighted by Gasteiger charge is -1.99. The van der Waals surface area contributed by atoms with Crippen molar-refractivity contribution in [2.45, 2.75) is 0 Å². The van der Waals surface area contributed by atoms with Crippen LogP contribution in [0.3, 0.4) is 0 Å². The molecule has 0 spiro atoms. The van der Waals surface area contributed by atoms with Gasteiger partial charge in [0.1, 0.15) is 5.75 Å². The minimum Gasteiger partial charge on any atom is -0.507 e. The van der Waals surface area contributed by atoms with Gasteiger partial charge in [-0.2, -0.15) is 0 Å². The first kappa shape index (κ1) is 10.7. The van der Waals surface area contributed by atoms with Crippen molar-refractivity contribution >= 4 is 12.2 Å². The van der Waals surface area contributed by atoms with Gasteiger partial charge in [0.2, 0.25) is 6.79 Å². The van der Waals surface area contributed by atoms with Gasteiger partial charge < -0.3 is 14.6 Å². The molecule has 0 amide bonds. The van der Waals surface area contributed by atoms with Gasteiger partial charge in [-0.15, -0.1) is 0 Å². The predicted octanol–water partition coefficient (Wildman–Crippen LogP) is 3.29. The van der Waals surface area contributed by atoms with Crippen molar-refractivity contribution in [2.75, 3.05) is 6.79 Å². The molecule has 1 aliphatic heterocycles. The first-order valence-electron chi connectivity index (χ1n) is 5.69. The number of aromatic hydroxyl groups is 1. The lowest BCUT2D eigenvalue weighted by Crippen LogP contribution is -1.92. The SMILES string of the molecule is Oc1ccccc1/C=C/c1ccc2c(c1)OCO2. The number of phenolic OH excluding ortho intramolecular Hbond substituents is 1. The lowest BCUT2D eigenvalue weighted by molar-refractivity contribution is 0.174. The van der Waals surface area contributed by atoms with Crippen LogP contribution in [0.1, 0.15) is 11.1 Å². The number of rotatable bonds is 2. The fourth-order valence-corrected chi connectivity index (χ4v) is 1.83. The number of para-hydroxylation sites is 1. The van der Waals surface area contributed by atoms with Crippen LogP contribution < -0.4 is 9.47 Å². The first-order valence-corrected chi connectivity index (χ1v) is 5.69. The fourth-order valence-electron chi connectivity index (χ4n) is 1.83. The lowest BCUT2D eigenvalue weighted by atomic mass is 10.1. The summed E-state index contributed by atoms with van der Waals surface area (Å²) in [6.07, 6.45) is 3.80. The van der Waals surface area contributed by atoms with Gasteiger partial charge >= 0.3 is 0 Å². The highest BCUT2D eigenvalue weighted by molar-refractivity contribution is 5.73. The molecule has 2 aromatic rings. The van der Waals surface area contributed by atoms with E-state index in [-0.39, 0.29) is 12.5 Å². The van der Waals surface area contributed by atoms with Crippen molar-refractivity contribution in [3.63, 3.8) is 0 Å². The molecule has 1 N–H and O–H groups in total. The van der Waals surface area contributed by atoms with Crippen LogP contribution in [0.4, 0.5) is 0 Å². The van der Waals surface area contributed by atoms with Gasteiger partial charge in [-0.3, -0.25) is 0 Å². The summed E-state index contributed by atoms with van der Waals surface area (Å²) < 4.78 is 10.6. The quantitative estimate of drug-likeness (QED) is 0.818. The van der Waals surface area contributed by atoms with Crippen molar-refractivity contribution in [3.8, 4) is 17.2 Å². The van der Waals surface area contributed by atoms with E-state index in [0.717, 1.165) is 22.6 Å². The molecule has 0 unspecified atom stereocenters. The molecule has 0 saturated heterocycles. The van der Waals surface area contributed by atoms with Crippen molar-refractivity contribution in [1.29, 1.82) is 0 Å². The minimum absolute atomic E-state index is 0.273. The van der Waals surface area contributed by atoms with E-state index >= 15 is 0 Å². The Bertz CT molecular complexity index is 602. The molecule has 1 heterocycles. The van der Waals surface area contributed by atoms with Gasteiger partial charge in [0.15, 0.2) is 11.5 Å². The molecule has 3 rings (SSSR count). The molecule has 2 aromatic carbocycles. The molecule has 0 aliphatic carbocycles. The number of ether oxygens (including phenoxy) is 2. The summed E-state index contributed by atoms with van der Waals surface area (Å²) in [6, 6.07) is 13.0. The second-order valence-corrected chi connectivity index (χ2v) is 4.00. The molecule has 0 saturated carbocycles. The smallest absolute Gasteiger partial charge is 0.231 e. The van der Waals surface area contributed by atoms with Crippen LogP contribution in [0.15, 0.2) is 42.5 Å². The largest absolute Gasteiger partial charge is 0.507 e. The van der Waals surface area contributed by atoms with Crippen molar-refractivity contribution in [2.24, 2.45) is 0 Å². The summed E-state index contributed by atoms with van der Waals surface area (Å²) in [6.45, 7) is 0.280. The molecular formula is C15H12O3. The van der Waals surface area contributed by atoms with Crippen LogP contribution in [0.5, 0.6) is 17.2 Å². The summed E-state index contributed by atoms with van der Waals surface area (Å²) in [5, 5.41) is 9.65. The Morgan fingerprint density at radius 1 is 0.944 bits per heavy atom. The zero-order chi connectivity index (χ0) is 12.4. The second-order valence-electron chi connectivity index (χ2n) is 4.00. The summed E-state index contributed by atoms with van der Waals surface area (Å²) >= 11 is 0. The molecule has 0 atom stereocenters. The number of phenols is 1. The summed E-state index contributed by atoms with van der Waals surface area (Å²) in [4.78, 5) is 0. The molecule has 3 heteroatoms. The van der Waals surface area contributed by atoms with Crippen molar-refractivity contribution in [3.05, 3.63) is 53.6 Å². The van der Waals surface area contributed by atoms with Crippen molar-refractivity contribution in [1.82, 2.24) is 0 Å². The van der Waals surface area contributed by atoms with Crippen LogP contribution >= 0.6 is 0 Å². The molecule has 0 aromatic heterocycles. The van der Waals surface area contributed by atoms with E-state index in [1.807, 2.05) is 42.5 Å². The van der Waals surface area contributed by atoms with Crippen LogP contribution in [0, 0.1) is 0 Å². The highest BCUT2D eigenvalue weighted by atomic mass is 16.7. The number of hydrogen-bond donors (Lipinski definition) is 1. The summed E-state index contributed by atoms with van der Waals surface area (Å²) in [7, 11) is 0. The molecule has 0 bridgehead atoms. The van der Waals surface area contributed by atoms with E-state index in [9.17, 15) is 5.11 Å². The van der Waals surface area contributed by atoms with E-state index < -0.39 is 0 Å². The Balaban J connectivity index is 1.87. The van der Waals surface area contributed by atoms with E-state index in [1.165, 1.54) is 0 Å². The van der Waals surface area contributed by atoms with Crippen LogP contribution in [0.25, 0.3) is 12.2 Å². The molecule has 18 heavy (non-hydrogen) atoms. The average molecular weight is 240 g/mol. The molecule has 0 radical (unpaired) electrons. The van der Waals surface area contributed by atoms with Crippen LogP contribution in [-0.2, 0) is 0 Å². The Morgan fingerprint density at radius 3 is 2.67 bits per heavy atom. The third-order valence-electron chi connectivity index (χ3n) is 2.79.